The molecule has 1 fully saturated rings. The number of carbonyl (C=O) groups is 3. The van der Waals surface area contributed by atoms with Crippen LogP contribution in [0.15, 0.2) is 82.6 Å². The van der Waals surface area contributed by atoms with Crippen molar-refractivity contribution >= 4 is 50.9 Å². The van der Waals surface area contributed by atoms with Gasteiger partial charge in [0.15, 0.2) is 16.4 Å². The zero-order chi connectivity index (χ0) is 40.5. The van der Waals surface area contributed by atoms with Crippen LogP contribution in [-0.2, 0) is 24.2 Å². The van der Waals surface area contributed by atoms with E-state index in [0.717, 1.165) is 24.9 Å². The lowest BCUT2D eigenvalue weighted by molar-refractivity contribution is -0.130. The lowest BCUT2D eigenvalue weighted by atomic mass is 9.81. The summed E-state index contributed by atoms with van der Waals surface area (Å²) < 4.78 is 40.2. The summed E-state index contributed by atoms with van der Waals surface area (Å²) in [7, 11) is -3.76. The van der Waals surface area contributed by atoms with E-state index < -0.39 is 39.4 Å². The molecule has 3 aromatic carbocycles. The van der Waals surface area contributed by atoms with Gasteiger partial charge >= 0.3 is 6.09 Å². The number of fused-ring (bicyclic) bond motifs is 1. The maximum Gasteiger partial charge on any atom is 0.410 e. The van der Waals surface area contributed by atoms with Crippen LogP contribution in [0.1, 0.15) is 84.7 Å². The number of benzene rings is 3. The molecule has 2 aliphatic heterocycles. The number of nitrogens with one attached hydrogen (secondary N) is 2. The van der Waals surface area contributed by atoms with E-state index in [-0.39, 0.29) is 28.6 Å². The summed E-state index contributed by atoms with van der Waals surface area (Å²) in [6.45, 7) is 11.3. The van der Waals surface area contributed by atoms with Crippen LogP contribution >= 0.6 is 11.8 Å². The fourth-order valence-electron chi connectivity index (χ4n) is 7.43. The molecule has 0 saturated carbocycles. The Kier molecular flexibility index (Phi) is 14.4. The Morgan fingerprint density at radius 1 is 0.982 bits per heavy atom. The van der Waals surface area contributed by atoms with Gasteiger partial charge in [0.25, 0.3) is 5.91 Å². The van der Waals surface area contributed by atoms with Crippen molar-refractivity contribution in [3.8, 4) is 5.75 Å². The second-order valence-electron chi connectivity index (χ2n) is 16.0. The fraction of sp³-hybridized carbons (Fsp3) is 0.512. The van der Waals surface area contributed by atoms with Gasteiger partial charge < -0.3 is 29.9 Å². The first-order valence-corrected chi connectivity index (χ1v) is 22.6. The van der Waals surface area contributed by atoms with Crippen LogP contribution in [0.3, 0.4) is 0 Å². The van der Waals surface area contributed by atoms with Crippen molar-refractivity contribution in [1.82, 2.24) is 15.5 Å². The zero-order valence-electron chi connectivity index (χ0n) is 33.6. The lowest BCUT2D eigenvalue weighted by Crippen LogP contribution is -2.46. The number of thioether (sulfide) groups is 1. The highest BCUT2D eigenvalue weighted by molar-refractivity contribution is 7.98. The van der Waals surface area contributed by atoms with Crippen molar-refractivity contribution in [3.05, 3.63) is 78.4 Å². The van der Waals surface area contributed by atoms with Gasteiger partial charge in [-0.05, 0) is 82.4 Å². The van der Waals surface area contributed by atoms with Crippen LogP contribution in [0.5, 0.6) is 5.75 Å². The Morgan fingerprint density at radius 3 is 2.25 bits per heavy atom. The number of unbranched alkanes of at least 4 members (excludes halogenated alkanes) is 1. The molecule has 2 unspecified atom stereocenters. The second kappa shape index (κ2) is 18.8. The molecule has 2 heterocycles. The van der Waals surface area contributed by atoms with Crippen molar-refractivity contribution in [2.45, 2.75) is 94.6 Å². The number of hydrogen-bond donors (Lipinski definition) is 2. The first-order chi connectivity index (χ1) is 26.7. The molecule has 0 radical (unpaired) electrons. The molecule has 13 heteroatoms. The van der Waals surface area contributed by atoms with E-state index in [2.05, 4.69) is 29.4 Å². The number of piperidine rings is 1. The molecule has 56 heavy (non-hydrogen) atoms. The average molecular weight is 807 g/mol. The van der Waals surface area contributed by atoms with Crippen LogP contribution in [0, 0.1) is 11.3 Å². The molecule has 0 aromatic heterocycles. The number of amides is 3. The molecular weight excluding hydrogens is 749 g/mol. The molecule has 0 bridgehead atoms. The highest BCUT2D eigenvalue weighted by Crippen LogP contribution is 2.47. The second-order valence-corrected chi connectivity index (χ2v) is 18.8. The van der Waals surface area contributed by atoms with E-state index in [0.29, 0.717) is 67.3 Å². The van der Waals surface area contributed by atoms with Gasteiger partial charge in [0.2, 0.25) is 5.91 Å². The van der Waals surface area contributed by atoms with Crippen LogP contribution in [0.2, 0.25) is 0 Å². The van der Waals surface area contributed by atoms with E-state index >= 15 is 0 Å². The maximum absolute atomic E-state index is 14.3. The molecule has 304 valence electrons. The highest BCUT2D eigenvalue weighted by Gasteiger charge is 2.42. The van der Waals surface area contributed by atoms with Crippen molar-refractivity contribution in [2.24, 2.45) is 11.3 Å². The molecule has 2 N–H and O–H groups in total. The Morgan fingerprint density at radius 2 is 1.64 bits per heavy atom. The number of hydrogen-bond acceptors (Lipinski definition) is 9. The van der Waals surface area contributed by atoms with E-state index in [4.69, 9.17) is 9.47 Å². The summed E-state index contributed by atoms with van der Waals surface area (Å²) in [6, 6.07) is 21.3. The van der Waals surface area contributed by atoms with E-state index in [9.17, 15) is 22.8 Å². The molecule has 3 amide bonds. The number of para-hydroxylation sites is 1. The quantitative estimate of drug-likeness (QED) is 0.156. The summed E-state index contributed by atoms with van der Waals surface area (Å²) in [5, 5.41) is 5.87. The maximum atomic E-state index is 14.3. The molecule has 0 spiro atoms. The minimum atomic E-state index is -3.76. The third-order valence-corrected chi connectivity index (χ3v) is 13.4. The summed E-state index contributed by atoms with van der Waals surface area (Å²) in [6.07, 6.45) is 6.39. The summed E-state index contributed by atoms with van der Waals surface area (Å²) in [4.78, 5) is 44.4. The normalized spacial score (nSPS) is 19.0. The molecule has 2 aliphatic rings. The summed E-state index contributed by atoms with van der Waals surface area (Å²) in [5.74, 6) is -0.417. The Balaban J connectivity index is 1.31. The Labute approximate surface area is 337 Å². The number of sulfone groups is 1. The van der Waals surface area contributed by atoms with Gasteiger partial charge in [-0.3, -0.25) is 9.59 Å². The highest BCUT2D eigenvalue weighted by atomic mass is 32.2. The van der Waals surface area contributed by atoms with Crippen molar-refractivity contribution < 1.29 is 32.3 Å². The minimum Gasteiger partial charge on any atom is -0.483 e. The van der Waals surface area contributed by atoms with E-state index in [1.165, 1.54) is 11.8 Å². The van der Waals surface area contributed by atoms with E-state index in [1.807, 2.05) is 69.5 Å². The van der Waals surface area contributed by atoms with Gasteiger partial charge in [-0.15, -0.1) is 11.8 Å². The lowest BCUT2D eigenvalue weighted by Gasteiger charge is -2.36. The third kappa shape index (κ3) is 11.0. The third-order valence-electron chi connectivity index (χ3n) is 10.6. The number of nitrogens with zero attached hydrogens (tertiary/aromatic N) is 2. The van der Waals surface area contributed by atoms with Crippen molar-refractivity contribution in [2.75, 3.05) is 49.7 Å². The summed E-state index contributed by atoms with van der Waals surface area (Å²) in [5.41, 5.74) is 1.11. The van der Waals surface area contributed by atoms with Crippen molar-refractivity contribution in [1.29, 1.82) is 0 Å². The van der Waals surface area contributed by atoms with Crippen LogP contribution in [-0.4, -0.2) is 81.6 Å². The number of rotatable bonds is 14. The SMILES string of the molecule is CCCCC1(CC)CN(c2ccccc2)c2cc(SC)c(OCC(=O)NC(C(=O)NCC3CCN(C(=O)OC(C)(C)C)CC3)c3ccccc3)cc2S(=O)(=O)C1. The average Bonchev–Trinajstić information content (AvgIpc) is 3.28. The first kappa shape index (κ1) is 42.9. The molecule has 0 aliphatic carbocycles. The predicted octanol–water partition coefficient (Wildman–Crippen LogP) is 7.92. The molecule has 11 nitrogen and oxygen atoms in total. The number of likely N-dealkylation sites (tertiary alicyclic amines) is 1. The molecular formula is C43H58N4O7S2. The minimum absolute atomic E-state index is 0.0160. The smallest absolute Gasteiger partial charge is 0.410 e. The van der Waals surface area contributed by atoms with Gasteiger partial charge in [0.05, 0.1) is 21.2 Å². The standard InChI is InChI=1S/C43H58N4O7S2/c1-7-9-22-43(8-2)29-47(33-18-14-11-15-19-33)34-25-36(55-6)35(26-37(34)56(51,52)30-43)53-28-38(48)45-39(32-16-12-10-13-17-32)40(49)44-27-31-20-23-46(24-21-31)41(50)54-42(3,4)5/h10-19,25-26,31,39H,7-9,20-24,27-30H2,1-6H3,(H,44,49)(H,45,48). The summed E-state index contributed by atoms with van der Waals surface area (Å²) >= 11 is 1.41. The fourth-order valence-corrected chi connectivity index (χ4v) is 10.2. The largest absolute Gasteiger partial charge is 0.483 e. The molecule has 5 rings (SSSR count). The van der Waals surface area contributed by atoms with E-state index in [1.54, 1.807) is 35.2 Å². The van der Waals surface area contributed by atoms with Crippen LogP contribution < -0.4 is 20.3 Å². The van der Waals surface area contributed by atoms with Crippen molar-refractivity contribution in [3.63, 3.8) is 0 Å². The number of carbonyl (C=O) groups excluding carboxylic acids is 3. The van der Waals surface area contributed by atoms with Crippen LogP contribution in [0.4, 0.5) is 16.2 Å². The molecule has 3 aromatic rings. The Bertz CT molecular complexity index is 1910. The van der Waals surface area contributed by atoms with Gasteiger partial charge in [-0.2, -0.15) is 0 Å². The monoisotopic (exact) mass is 806 g/mol. The van der Waals surface area contributed by atoms with Gasteiger partial charge in [-0.25, -0.2) is 13.2 Å². The van der Waals surface area contributed by atoms with Gasteiger partial charge in [0, 0.05) is 43.3 Å². The first-order valence-electron chi connectivity index (χ1n) is 19.7. The number of anilines is 2. The van der Waals surface area contributed by atoms with Gasteiger partial charge in [-0.1, -0.05) is 75.2 Å². The topological polar surface area (TPSA) is 134 Å². The molecule has 2 atom stereocenters. The molecule has 1 saturated heterocycles. The Hall–Kier alpha value is -4.23. The zero-order valence-corrected chi connectivity index (χ0v) is 35.3. The van der Waals surface area contributed by atoms with Gasteiger partial charge in [0.1, 0.15) is 17.4 Å². The predicted molar refractivity (Wildman–Crippen MR) is 222 cm³/mol. The number of ether oxygens (including phenoxy) is 2. The van der Waals surface area contributed by atoms with Crippen LogP contribution in [0.25, 0.3) is 0 Å².